The number of anilines is 3. The molecule has 3 heterocycles. The number of nitrogens with zero attached hydrogens (tertiary/aromatic N) is 5. The quantitative estimate of drug-likeness (QED) is 0.365. The number of hydrogen-bond donors (Lipinski definition) is 2. The second kappa shape index (κ2) is 13.5. The van der Waals surface area contributed by atoms with E-state index in [-0.39, 0.29) is 43.4 Å². The monoisotopic (exact) mass is 601 g/mol. The van der Waals surface area contributed by atoms with Crippen LogP contribution in [0.5, 0.6) is 0 Å². The normalized spacial score (nSPS) is 15.0. The molecule has 11 heteroatoms. The summed E-state index contributed by atoms with van der Waals surface area (Å²) in [6, 6.07) is 13.3. The number of rotatable bonds is 8. The predicted molar refractivity (Wildman–Crippen MR) is 171 cm³/mol. The molecule has 234 valence electrons. The number of urea groups is 1. The first-order chi connectivity index (χ1) is 21.2. The van der Waals surface area contributed by atoms with Gasteiger partial charge in [0, 0.05) is 48.7 Å². The maximum Gasteiger partial charge on any atom is 0.435 e. The van der Waals surface area contributed by atoms with Gasteiger partial charge in [-0.15, -0.1) is 5.10 Å². The number of para-hydroxylation sites is 1. The van der Waals surface area contributed by atoms with Crippen molar-refractivity contribution in [3.05, 3.63) is 70.4 Å². The summed E-state index contributed by atoms with van der Waals surface area (Å²) < 4.78 is 6.64. The molecule has 5 rings (SSSR count). The van der Waals surface area contributed by atoms with Gasteiger partial charge in [-0.1, -0.05) is 45.9 Å². The van der Waals surface area contributed by atoms with E-state index in [1.54, 1.807) is 17.0 Å². The Bertz CT molecular complexity index is 1480. The Morgan fingerprint density at radius 1 is 0.909 bits per heavy atom. The molecule has 1 aromatic heterocycles. The van der Waals surface area contributed by atoms with Crippen molar-refractivity contribution < 1.29 is 19.1 Å². The number of amides is 3. The fraction of sp³-hybridized carbons (Fsp3) is 0.455. The van der Waals surface area contributed by atoms with Crippen LogP contribution in [0, 0.1) is 5.92 Å². The van der Waals surface area contributed by atoms with Crippen LogP contribution in [0.2, 0.25) is 0 Å². The smallest absolute Gasteiger partial charge is 0.435 e. The van der Waals surface area contributed by atoms with Gasteiger partial charge >= 0.3 is 12.1 Å². The third-order valence-electron chi connectivity index (χ3n) is 8.24. The minimum atomic E-state index is -0.640. The fourth-order valence-electron chi connectivity index (χ4n) is 5.59. The molecule has 0 aliphatic carbocycles. The Labute approximate surface area is 259 Å². The first-order valence-corrected chi connectivity index (χ1v) is 15.5. The van der Waals surface area contributed by atoms with Crippen molar-refractivity contribution >= 4 is 35.2 Å². The van der Waals surface area contributed by atoms with Gasteiger partial charge in [0.2, 0.25) is 0 Å². The summed E-state index contributed by atoms with van der Waals surface area (Å²) in [5.41, 5.74) is 5.63. The lowest BCUT2D eigenvalue weighted by Crippen LogP contribution is -2.44. The molecular weight excluding hydrogens is 558 g/mol. The highest BCUT2D eigenvalue weighted by atomic mass is 16.6. The molecule has 3 aromatic rings. The number of ether oxygens (including phenoxy) is 1. The average Bonchev–Trinajstić information content (AvgIpc) is 3.61. The van der Waals surface area contributed by atoms with Crippen molar-refractivity contribution in [1.29, 1.82) is 0 Å². The summed E-state index contributed by atoms with van der Waals surface area (Å²) in [5.74, 6) is 0.0441. The molecule has 1 fully saturated rings. The number of benzene rings is 2. The molecule has 1 saturated heterocycles. The van der Waals surface area contributed by atoms with Gasteiger partial charge in [-0.2, -0.15) is 4.68 Å². The van der Waals surface area contributed by atoms with Gasteiger partial charge in [0.15, 0.2) is 5.82 Å². The summed E-state index contributed by atoms with van der Waals surface area (Å²) in [7, 11) is 2.12. The lowest BCUT2D eigenvalue weighted by Gasteiger charge is -2.34. The van der Waals surface area contributed by atoms with E-state index < -0.39 is 6.09 Å². The van der Waals surface area contributed by atoms with Crippen LogP contribution in [0.4, 0.5) is 26.8 Å². The Balaban J connectivity index is 1.35. The standard InChI is InChI=1S/C33H43N7O4/c1-6-23-9-8-10-24(7-2)29(23)34-32(42)39-19-27-28(20-39)40(33(43)44-21-22(3)4)36-30(27)35-31(41)25-11-13-26(14-12-25)38-17-15-37(5)16-18-38/h8-14,22H,6-7,15-21H2,1-5H3,(H,34,42)(H,35,36,41). The molecule has 0 unspecified atom stereocenters. The van der Waals surface area contributed by atoms with Crippen molar-refractivity contribution in [3.63, 3.8) is 0 Å². The number of carbonyl (C=O) groups excluding carboxylic acids is 3. The van der Waals surface area contributed by atoms with E-state index in [1.165, 1.54) is 4.68 Å². The fourth-order valence-corrected chi connectivity index (χ4v) is 5.59. The summed E-state index contributed by atoms with van der Waals surface area (Å²) in [6.45, 7) is 12.4. The zero-order valence-electron chi connectivity index (χ0n) is 26.4. The van der Waals surface area contributed by atoms with Gasteiger partial charge in [-0.3, -0.25) is 4.79 Å². The summed E-state index contributed by atoms with van der Waals surface area (Å²) in [5, 5.41) is 10.4. The van der Waals surface area contributed by atoms with Crippen LogP contribution >= 0.6 is 0 Å². The van der Waals surface area contributed by atoms with Crippen LogP contribution in [0.25, 0.3) is 0 Å². The SMILES string of the molecule is CCc1cccc(CC)c1NC(=O)N1Cc2c(NC(=O)c3ccc(N4CCN(C)CC4)cc3)nn(C(=O)OCC(C)C)c2C1. The highest BCUT2D eigenvalue weighted by Crippen LogP contribution is 2.32. The highest BCUT2D eigenvalue weighted by Gasteiger charge is 2.34. The predicted octanol–water partition coefficient (Wildman–Crippen LogP) is 5.20. The van der Waals surface area contributed by atoms with E-state index in [2.05, 4.69) is 46.4 Å². The lowest BCUT2D eigenvalue weighted by atomic mass is 10.0. The molecule has 0 spiro atoms. The number of piperazine rings is 1. The van der Waals surface area contributed by atoms with Crippen LogP contribution in [0.3, 0.4) is 0 Å². The Morgan fingerprint density at radius 2 is 1.57 bits per heavy atom. The number of fused-ring (bicyclic) bond motifs is 1. The molecule has 2 aliphatic heterocycles. The number of hydrogen-bond acceptors (Lipinski definition) is 7. The van der Waals surface area contributed by atoms with Crippen molar-refractivity contribution in [2.45, 2.75) is 53.6 Å². The van der Waals surface area contributed by atoms with Gasteiger partial charge < -0.3 is 30.1 Å². The Kier molecular flexibility index (Phi) is 9.53. The second-order valence-electron chi connectivity index (χ2n) is 11.9. The Morgan fingerprint density at radius 3 is 2.18 bits per heavy atom. The molecule has 2 aliphatic rings. The molecule has 11 nitrogen and oxygen atoms in total. The van der Waals surface area contributed by atoms with E-state index in [0.717, 1.165) is 61.5 Å². The largest absolute Gasteiger partial charge is 0.448 e. The zero-order chi connectivity index (χ0) is 31.4. The van der Waals surface area contributed by atoms with E-state index in [1.807, 2.05) is 44.2 Å². The van der Waals surface area contributed by atoms with Crippen LogP contribution in [0.1, 0.15) is 60.4 Å². The van der Waals surface area contributed by atoms with E-state index >= 15 is 0 Å². The van der Waals surface area contributed by atoms with Gasteiger partial charge in [0.05, 0.1) is 25.4 Å². The van der Waals surface area contributed by atoms with Crippen molar-refractivity contribution in [1.82, 2.24) is 19.6 Å². The Hall–Kier alpha value is -4.38. The number of likely N-dealkylation sites (N-methyl/N-ethyl adjacent to an activating group) is 1. The third-order valence-corrected chi connectivity index (χ3v) is 8.24. The minimum Gasteiger partial charge on any atom is -0.448 e. The second-order valence-corrected chi connectivity index (χ2v) is 11.9. The zero-order valence-corrected chi connectivity index (χ0v) is 26.4. The molecule has 0 saturated carbocycles. The molecule has 0 bridgehead atoms. The number of nitrogens with one attached hydrogen (secondary N) is 2. The van der Waals surface area contributed by atoms with Gasteiger partial charge in [-0.25, -0.2) is 9.59 Å². The molecule has 0 radical (unpaired) electrons. The highest BCUT2D eigenvalue weighted by molar-refractivity contribution is 6.04. The number of aryl methyl sites for hydroxylation is 2. The van der Waals surface area contributed by atoms with Gasteiger partial charge in [0.25, 0.3) is 5.91 Å². The number of aromatic nitrogens is 2. The van der Waals surface area contributed by atoms with Crippen LogP contribution in [0.15, 0.2) is 42.5 Å². The lowest BCUT2D eigenvalue weighted by molar-refractivity contribution is 0.102. The maximum atomic E-state index is 13.5. The molecule has 3 amide bonds. The average molecular weight is 602 g/mol. The van der Waals surface area contributed by atoms with Gasteiger partial charge in [-0.05, 0) is 61.2 Å². The molecule has 0 atom stereocenters. The molecule has 2 N–H and O–H groups in total. The van der Waals surface area contributed by atoms with Crippen LogP contribution < -0.4 is 15.5 Å². The topological polar surface area (TPSA) is 112 Å². The molecular formula is C33H43N7O4. The number of carbonyl (C=O) groups is 3. The van der Waals surface area contributed by atoms with E-state index in [0.29, 0.717) is 16.8 Å². The molecule has 2 aromatic carbocycles. The first kappa shape index (κ1) is 31.1. The molecule has 44 heavy (non-hydrogen) atoms. The van der Waals surface area contributed by atoms with Crippen molar-refractivity contribution in [3.8, 4) is 0 Å². The van der Waals surface area contributed by atoms with Gasteiger partial charge in [0.1, 0.15) is 0 Å². The van der Waals surface area contributed by atoms with E-state index in [4.69, 9.17) is 4.74 Å². The van der Waals surface area contributed by atoms with Crippen LogP contribution in [-0.2, 0) is 30.7 Å². The first-order valence-electron chi connectivity index (χ1n) is 15.5. The summed E-state index contributed by atoms with van der Waals surface area (Å²) in [4.78, 5) is 46.2. The maximum absolute atomic E-state index is 13.5. The van der Waals surface area contributed by atoms with Crippen LogP contribution in [-0.4, -0.2) is 77.4 Å². The third kappa shape index (κ3) is 6.72. The summed E-state index contributed by atoms with van der Waals surface area (Å²) in [6.07, 6.45) is 0.929. The van der Waals surface area contributed by atoms with Crippen molar-refractivity contribution in [2.24, 2.45) is 5.92 Å². The van der Waals surface area contributed by atoms with Crippen molar-refractivity contribution in [2.75, 3.05) is 55.4 Å². The minimum absolute atomic E-state index is 0.143. The summed E-state index contributed by atoms with van der Waals surface area (Å²) >= 11 is 0. The van der Waals surface area contributed by atoms with E-state index in [9.17, 15) is 14.4 Å².